The van der Waals surface area contributed by atoms with Gasteiger partial charge in [0, 0.05) is 108 Å². The molecule has 0 saturated heterocycles. The molecule has 4 heterocycles. The van der Waals surface area contributed by atoms with Gasteiger partial charge in [-0.15, -0.1) is 45.3 Å². The number of thiophene rings is 4. The number of benzene rings is 20. The molecule has 0 atom stereocenters. The van der Waals surface area contributed by atoms with Crippen LogP contribution in [0.5, 0.6) is 0 Å². The SMILES string of the molecule is c1ccc(C2=C(c3cc(-c4ccccc4)c(N(c4ccccc4)c4cccc5ccccc45)s3)C(c3cc(-c4ccccc4)c(N(c4ccccc4)c4cccc5ccccc45)s3)=C(c3ccccc3)C2=C2C(c3ccccc3)=C(c3cc(-c4ccccc4)c(N(c4ccccc4)c4cccc5ccccc45)s3)C(c3cc(-c4ccccc4)c(N(c4ccccc4)c4cccc5ccccc45)s3)=C2c2ccccc2)cc1. The molecule has 4 nitrogen and oxygen atoms in total. The van der Waals surface area contributed by atoms with Gasteiger partial charge in [-0.05, 0) is 197 Å². The van der Waals surface area contributed by atoms with Gasteiger partial charge in [-0.3, -0.25) is 0 Å². The van der Waals surface area contributed by atoms with Crippen LogP contribution in [0.25, 0.3) is 132 Å². The van der Waals surface area contributed by atoms with Crippen LogP contribution in [-0.4, -0.2) is 0 Å². The van der Waals surface area contributed by atoms with Crippen molar-refractivity contribution in [2.24, 2.45) is 0 Å². The number of allylic oxidation sites excluding steroid dienone is 10. The van der Waals surface area contributed by atoms with Gasteiger partial charge in [-0.25, -0.2) is 0 Å². The van der Waals surface area contributed by atoms with E-state index in [1.165, 1.54) is 0 Å². The minimum atomic E-state index is 1.04. The third-order valence-electron chi connectivity index (χ3n) is 28.1. The molecule has 688 valence electrons. The maximum Gasteiger partial charge on any atom is 0.109 e. The lowest BCUT2D eigenvalue weighted by Crippen LogP contribution is -2.09. The van der Waals surface area contributed by atoms with Crippen LogP contribution in [0.4, 0.5) is 65.5 Å². The first-order valence-corrected chi connectivity index (χ1v) is 52.9. The molecule has 24 aromatic rings. The van der Waals surface area contributed by atoms with E-state index in [1.807, 2.05) is 45.3 Å². The zero-order chi connectivity index (χ0) is 96.7. The molecule has 0 spiro atoms. The number of hydrogen-bond donors (Lipinski definition) is 0. The Kier molecular flexibility index (Phi) is 23.5. The predicted octanol–water partition coefficient (Wildman–Crippen LogP) is 40.2. The highest BCUT2D eigenvalue weighted by molar-refractivity contribution is 7.21. The van der Waals surface area contributed by atoms with Crippen molar-refractivity contribution in [1.82, 2.24) is 0 Å². The third-order valence-corrected chi connectivity index (χ3v) is 32.6. The zero-order valence-corrected chi connectivity index (χ0v) is 82.8. The van der Waals surface area contributed by atoms with Crippen molar-refractivity contribution in [3.05, 3.63) is 611 Å². The first-order valence-electron chi connectivity index (χ1n) is 49.6. The maximum absolute atomic E-state index is 2.57. The van der Waals surface area contributed by atoms with Crippen molar-refractivity contribution in [2.45, 2.75) is 0 Å². The topological polar surface area (TPSA) is 13.0 Å². The van der Waals surface area contributed by atoms with Gasteiger partial charge >= 0.3 is 0 Å². The number of rotatable bonds is 24. The van der Waals surface area contributed by atoms with Gasteiger partial charge in [0.15, 0.2) is 0 Å². The molecular weight excluding hydrogens is 1840 g/mol. The molecule has 2 aliphatic rings. The summed E-state index contributed by atoms with van der Waals surface area (Å²) in [4.78, 5) is 14.6. The highest BCUT2D eigenvalue weighted by Gasteiger charge is 2.45. The summed E-state index contributed by atoms with van der Waals surface area (Å²) in [7, 11) is 0. The molecule has 2 aliphatic carbocycles. The lowest BCUT2D eigenvalue weighted by Gasteiger charge is -2.27. The summed E-state index contributed by atoms with van der Waals surface area (Å²) >= 11 is 7.49. The van der Waals surface area contributed by atoms with Crippen LogP contribution in [0.1, 0.15) is 41.8 Å². The van der Waals surface area contributed by atoms with E-state index in [1.54, 1.807) is 0 Å². The van der Waals surface area contributed by atoms with Gasteiger partial charge in [0.1, 0.15) is 20.0 Å². The average Bonchev–Trinajstić information content (AvgIpc) is 1.52. The molecule has 146 heavy (non-hydrogen) atoms. The van der Waals surface area contributed by atoms with E-state index in [4.69, 9.17) is 0 Å². The van der Waals surface area contributed by atoms with Gasteiger partial charge in [0.05, 0.1) is 22.7 Å². The van der Waals surface area contributed by atoms with Crippen molar-refractivity contribution in [2.75, 3.05) is 19.6 Å². The Hall–Kier alpha value is -17.9. The van der Waals surface area contributed by atoms with E-state index in [2.05, 4.69) is 578 Å². The molecule has 20 aromatic carbocycles. The molecule has 0 bridgehead atoms. The second kappa shape index (κ2) is 38.9. The Morgan fingerprint density at radius 1 is 0.123 bits per heavy atom. The van der Waals surface area contributed by atoms with Gasteiger partial charge in [-0.2, -0.15) is 0 Å². The van der Waals surface area contributed by atoms with Gasteiger partial charge in [0.2, 0.25) is 0 Å². The molecule has 0 saturated carbocycles. The molecule has 4 aromatic heterocycles. The van der Waals surface area contributed by atoms with Gasteiger partial charge in [-0.1, -0.05) is 461 Å². The van der Waals surface area contributed by atoms with Crippen LogP contribution in [-0.2, 0) is 0 Å². The summed E-state index contributed by atoms with van der Waals surface area (Å²) in [5, 5.41) is 13.5. The summed E-state index contributed by atoms with van der Waals surface area (Å²) in [5.74, 6) is 0. The smallest absolute Gasteiger partial charge is 0.109 e. The summed E-state index contributed by atoms with van der Waals surface area (Å²) < 4.78 is 0. The lowest BCUT2D eigenvalue weighted by molar-refractivity contribution is 1.33. The van der Waals surface area contributed by atoms with E-state index in [-0.39, 0.29) is 0 Å². The van der Waals surface area contributed by atoms with Crippen LogP contribution in [0.2, 0.25) is 0 Å². The molecular formula is C138H92N4S4. The monoisotopic (exact) mass is 1930 g/mol. The number of para-hydroxylation sites is 4. The fraction of sp³-hybridized carbons (Fsp3) is 0. The van der Waals surface area contributed by atoms with Crippen molar-refractivity contribution in [3.8, 4) is 44.5 Å². The molecule has 0 aliphatic heterocycles. The molecule has 0 amide bonds. The second-order valence-electron chi connectivity index (χ2n) is 36.7. The van der Waals surface area contributed by atoms with E-state index in [0.717, 1.165) is 251 Å². The van der Waals surface area contributed by atoms with E-state index >= 15 is 0 Å². The normalized spacial score (nSPS) is 12.7. The highest BCUT2D eigenvalue weighted by Crippen LogP contribution is 2.69. The zero-order valence-electron chi connectivity index (χ0n) is 79.5. The molecule has 0 fully saturated rings. The average molecular weight is 1930 g/mol. The van der Waals surface area contributed by atoms with E-state index in [0.29, 0.717) is 0 Å². The van der Waals surface area contributed by atoms with Crippen LogP contribution in [0, 0.1) is 0 Å². The number of anilines is 12. The number of hydrogen-bond acceptors (Lipinski definition) is 8. The molecule has 0 unspecified atom stereocenters. The fourth-order valence-corrected chi connectivity index (χ4v) is 26.8. The Labute approximate surface area is 866 Å². The van der Waals surface area contributed by atoms with Crippen LogP contribution < -0.4 is 19.6 Å². The molecule has 0 radical (unpaired) electrons. The fourth-order valence-electron chi connectivity index (χ4n) is 21.7. The quantitative estimate of drug-likeness (QED) is 0.0598. The van der Waals surface area contributed by atoms with Crippen LogP contribution in [0.3, 0.4) is 0 Å². The highest BCUT2D eigenvalue weighted by atomic mass is 32.1. The molecule has 26 rings (SSSR count). The van der Waals surface area contributed by atoms with Gasteiger partial charge in [0.25, 0.3) is 0 Å². The summed E-state index contributed by atoms with van der Waals surface area (Å²) in [6.07, 6.45) is 0. The first kappa shape index (κ1) is 88.3. The van der Waals surface area contributed by atoms with Crippen LogP contribution >= 0.6 is 45.3 Å². The third kappa shape index (κ3) is 16.1. The lowest BCUT2D eigenvalue weighted by atomic mass is 9.81. The minimum absolute atomic E-state index is 1.04. The minimum Gasteiger partial charge on any atom is -0.301 e. The van der Waals surface area contributed by atoms with Crippen molar-refractivity contribution in [1.29, 1.82) is 0 Å². The number of fused-ring (bicyclic) bond motifs is 4. The van der Waals surface area contributed by atoms with Crippen molar-refractivity contribution in [3.63, 3.8) is 0 Å². The summed E-state index contributed by atoms with van der Waals surface area (Å²) in [6, 6.07) is 208. The van der Waals surface area contributed by atoms with Gasteiger partial charge < -0.3 is 19.6 Å². The Morgan fingerprint density at radius 3 is 0.473 bits per heavy atom. The van der Waals surface area contributed by atoms with Crippen LogP contribution in [0.15, 0.2) is 569 Å². The largest absolute Gasteiger partial charge is 0.301 e. The maximum atomic E-state index is 2.57. The Balaban J connectivity index is 0.891. The van der Waals surface area contributed by atoms with Crippen molar-refractivity contribution >= 4 is 199 Å². The van der Waals surface area contributed by atoms with Crippen molar-refractivity contribution < 1.29 is 0 Å². The summed E-state index contributed by atoms with van der Waals surface area (Å²) in [6.45, 7) is 0. The number of nitrogens with zero attached hydrogens (tertiary/aromatic N) is 4. The first-order chi connectivity index (χ1) is 72.5. The standard InChI is InChI=1S/C138H92N4S4/c1-13-49-97(50-14-1)113-89-121(143-135(113)139(105-73-29-9-30-74-105)117-85-45-69-93-57-37-41-81-109(93)117)129-125(101-61-21-5-22-62-101)133(126(102-63-23-6-24-64-102)130(129)122-90-114(98-51-15-2-16-52-98)136(144-122)140(106-75-31-10-32-76-106)118-86-46-70-94-58-38-42-82-110(94)118)134-127(103-65-25-7-26-66-103)131(123-91-115(99-53-17-3-18-54-99)137(145-123)141(107-77-33-11-34-78-107)119-87-47-71-95-59-39-43-83-111(95)119)132(128(134)104-67-27-8-28-68-104)124-92-116(100-55-19-4-20-56-100)138(146-124)142(108-79-35-12-36-80-108)120-88-48-72-96-60-40-44-84-112(96)120/h1-92H. The van der Waals surface area contributed by atoms with E-state index in [9.17, 15) is 0 Å². The predicted molar refractivity (Wildman–Crippen MR) is 628 cm³/mol. The van der Waals surface area contributed by atoms with E-state index < -0.39 is 0 Å². The molecule has 8 heteroatoms. The summed E-state index contributed by atoms with van der Waals surface area (Å²) in [5.41, 5.74) is 32.5. The Bertz CT molecular complexity index is 8090. The Morgan fingerprint density at radius 2 is 0.281 bits per heavy atom. The second-order valence-corrected chi connectivity index (χ2v) is 40.8. The molecule has 0 N–H and O–H groups in total.